The second-order valence-corrected chi connectivity index (χ2v) is 12.5. The lowest BCUT2D eigenvalue weighted by Crippen LogP contribution is -2.52. The minimum Gasteiger partial charge on any atom is -0.508 e. The summed E-state index contributed by atoms with van der Waals surface area (Å²) in [7, 11) is -4.69. The van der Waals surface area contributed by atoms with Gasteiger partial charge in [-0.15, -0.1) is 4.41 Å². The van der Waals surface area contributed by atoms with Crippen molar-refractivity contribution >= 4 is 16.1 Å². The van der Waals surface area contributed by atoms with Crippen LogP contribution in [-0.4, -0.2) is 62.8 Å². The van der Waals surface area contributed by atoms with Crippen molar-refractivity contribution in [2.24, 2.45) is 0 Å². The number of benzene rings is 4. The molecule has 45 heavy (non-hydrogen) atoms. The number of phenols is 2. The van der Waals surface area contributed by atoms with Crippen molar-refractivity contribution in [1.82, 2.24) is 14.3 Å². The highest BCUT2D eigenvalue weighted by atomic mass is 32.2. The summed E-state index contributed by atoms with van der Waals surface area (Å²) in [5.41, 5.74) is 0.760. The Balaban J connectivity index is 1.61. The fraction of sp³-hybridized carbons (Fsp3) is 0.219. The van der Waals surface area contributed by atoms with Crippen LogP contribution in [0.4, 0.5) is 18.0 Å². The number of alkyl halides is 3. The Bertz CT molecular complexity index is 1720. The molecule has 236 valence electrons. The van der Waals surface area contributed by atoms with Crippen LogP contribution in [0, 0.1) is 0 Å². The van der Waals surface area contributed by atoms with Crippen LogP contribution in [0.15, 0.2) is 108 Å². The Kier molecular flexibility index (Phi) is 9.05. The number of carbonyl (C=O) groups excluding carboxylic acids is 1. The zero-order valence-electron chi connectivity index (χ0n) is 23.7. The molecule has 1 aliphatic rings. The number of sulfonamides is 1. The van der Waals surface area contributed by atoms with Crippen LogP contribution in [0.25, 0.3) is 0 Å². The number of phenolic OH excluding ortho intramolecular Hbond substituents is 2. The number of aliphatic hydroxyl groups excluding tert-OH is 1. The van der Waals surface area contributed by atoms with Crippen molar-refractivity contribution < 1.29 is 41.7 Å². The SMILES string of the molecule is O=C1N(Cc2ccc(O)cc2)[C@H](Cc2ccccc2)[C@H](O)CN(S(=O)(=O)c2ccc(C(F)(F)F)cc2)N1Cc1ccc(O)cc1. The predicted molar refractivity (Wildman–Crippen MR) is 158 cm³/mol. The van der Waals surface area contributed by atoms with Gasteiger partial charge in [0, 0.05) is 6.54 Å². The summed E-state index contributed by atoms with van der Waals surface area (Å²) in [6.45, 7) is -0.958. The second kappa shape index (κ2) is 12.8. The summed E-state index contributed by atoms with van der Waals surface area (Å²) >= 11 is 0. The standard InChI is InChI=1S/C32H30F3N3O6S/c33-32(34,35)25-10-16-28(17-11-25)45(43,44)38-21-30(41)29(18-22-4-2-1-3-5-22)36(19-23-6-12-26(39)13-7-23)31(42)37(38)20-24-8-14-27(40)15-9-24/h1-17,29-30,39-41H,18-21H2/t29-,30-/m1/s1. The zero-order chi connectivity index (χ0) is 32.4. The van der Waals surface area contributed by atoms with E-state index < -0.39 is 51.4 Å². The summed E-state index contributed by atoms with van der Waals surface area (Å²) in [5, 5.41) is 32.1. The molecule has 0 radical (unpaired) electrons. The summed E-state index contributed by atoms with van der Waals surface area (Å²) in [5.74, 6) is -0.0490. The molecule has 1 aliphatic heterocycles. The van der Waals surface area contributed by atoms with E-state index in [2.05, 4.69) is 0 Å². The maximum Gasteiger partial charge on any atom is 0.416 e. The van der Waals surface area contributed by atoms with Gasteiger partial charge in [-0.1, -0.05) is 54.6 Å². The van der Waals surface area contributed by atoms with Crippen LogP contribution >= 0.6 is 0 Å². The molecule has 4 aromatic carbocycles. The van der Waals surface area contributed by atoms with Gasteiger partial charge in [-0.3, -0.25) is 0 Å². The molecule has 0 unspecified atom stereocenters. The van der Waals surface area contributed by atoms with Crippen LogP contribution in [0.3, 0.4) is 0 Å². The summed E-state index contributed by atoms with van der Waals surface area (Å²) in [6, 6.07) is 22.0. The first-order chi connectivity index (χ1) is 21.3. The molecule has 1 fully saturated rings. The number of carbonyl (C=O) groups is 1. The van der Waals surface area contributed by atoms with E-state index in [1.807, 2.05) is 18.2 Å². The molecule has 1 heterocycles. The van der Waals surface area contributed by atoms with Crippen molar-refractivity contribution in [2.75, 3.05) is 6.54 Å². The van der Waals surface area contributed by atoms with Crippen LogP contribution in [0.2, 0.25) is 0 Å². The topological polar surface area (TPSA) is 122 Å². The van der Waals surface area contributed by atoms with E-state index in [4.69, 9.17) is 0 Å². The Morgan fingerprint density at radius 3 is 1.80 bits per heavy atom. The van der Waals surface area contributed by atoms with Crippen molar-refractivity contribution in [3.8, 4) is 11.5 Å². The molecule has 1 saturated heterocycles. The van der Waals surface area contributed by atoms with E-state index in [9.17, 15) is 41.7 Å². The van der Waals surface area contributed by atoms with Crippen LogP contribution < -0.4 is 0 Å². The van der Waals surface area contributed by atoms with E-state index in [0.717, 1.165) is 22.7 Å². The summed E-state index contributed by atoms with van der Waals surface area (Å²) < 4.78 is 68.6. The monoisotopic (exact) mass is 641 g/mol. The van der Waals surface area contributed by atoms with Crippen LogP contribution in [0.1, 0.15) is 22.3 Å². The van der Waals surface area contributed by atoms with Crippen molar-refractivity contribution in [2.45, 2.75) is 42.7 Å². The highest BCUT2D eigenvalue weighted by Crippen LogP contribution is 2.32. The first-order valence-electron chi connectivity index (χ1n) is 13.9. The Morgan fingerprint density at radius 1 is 0.733 bits per heavy atom. The molecular formula is C32H30F3N3O6S. The molecule has 13 heteroatoms. The molecule has 0 aliphatic carbocycles. The average Bonchev–Trinajstić information content (AvgIpc) is 3.10. The minimum atomic E-state index is -4.69. The molecule has 5 rings (SSSR count). The van der Waals surface area contributed by atoms with Gasteiger partial charge in [0.25, 0.3) is 10.0 Å². The van der Waals surface area contributed by atoms with Gasteiger partial charge in [-0.05, 0) is 71.6 Å². The normalized spacial score (nSPS) is 18.2. The first kappa shape index (κ1) is 31.8. The summed E-state index contributed by atoms with van der Waals surface area (Å²) in [6.07, 6.45) is -5.96. The van der Waals surface area contributed by atoms with Gasteiger partial charge >= 0.3 is 12.2 Å². The van der Waals surface area contributed by atoms with E-state index >= 15 is 0 Å². The smallest absolute Gasteiger partial charge is 0.416 e. The van der Waals surface area contributed by atoms with Gasteiger partial charge < -0.3 is 20.2 Å². The average molecular weight is 642 g/mol. The van der Waals surface area contributed by atoms with Gasteiger partial charge in [0.1, 0.15) is 11.5 Å². The number of aromatic hydroxyl groups is 2. The third-order valence-corrected chi connectivity index (χ3v) is 9.30. The van der Waals surface area contributed by atoms with E-state index in [1.54, 1.807) is 24.3 Å². The lowest BCUT2D eigenvalue weighted by molar-refractivity contribution is -0.137. The molecule has 4 aromatic rings. The molecule has 0 aromatic heterocycles. The van der Waals surface area contributed by atoms with Gasteiger partial charge in [0.2, 0.25) is 0 Å². The second-order valence-electron chi connectivity index (χ2n) is 10.7. The molecule has 2 amide bonds. The van der Waals surface area contributed by atoms with Gasteiger partial charge in [-0.2, -0.15) is 13.2 Å². The van der Waals surface area contributed by atoms with Crippen molar-refractivity contribution in [3.05, 3.63) is 125 Å². The first-order valence-corrected chi connectivity index (χ1v) is 15.3. The maximum atomic E-state index is 14.5. The minimum absolute atomic E-state index is 0.00424. The maximum absolute atomic E-state index is 14.5. The van der Waals surface area contributed by atoms with Crippen molar-refractivity contribution in [1.29, 1.82) is 0 Å². The van der Waals surface area contributed by atoms with E-state index in [-0.39, 0.29) is 31.0 Å². The Hall–Kier alpha value is -4.59. The van der Waals surface area contributed by atoms with Gasteiger partial charge in [0.05, 0.1) is 35.7 Å². The van der Waals surface area contributed by atoms with E-state index in [1.165, 1.54) is 41.3 Å². The number of β-amino-alcohol motifs (C(OH)–C–C–N with tert-alkyl or cyclic N) is 1. The lowest BCUT2D eigenvalue weighted by Gasteiger charge is -2.35. The largest absolute Gasteiger partial charge is 0.508 e. The number of hydrazine groups is 1. The predicted octanol–water partition coefficient (Wildman–Crippen LogP) is 5.13. The number of urea groups is 1. The molecule has 0 spiro atoms. The molecule has 3 N–H and O–H groups in total. The number of hydrogen-bond acceptors (Lipinski definition) is 6. The highest BCUT2D eigenvalue weighted by molar-refractivity contribution is 7.89. The number of hydrogen-bond donors (Lipinski definition) is 3. The molecular weight excluding hydrogens is 611 g/mol. The summed E-state index contributed by atoms with van der Waals surface area (Å²) in [4.78, 5) is 15.3. The fourth-order valence-corrected chi connectivity index (χ4v) is 6.60. The van der Waals surface area contributed by atoms with Crippen LogP contribution in [-0.2, 0) is 35.7 Å². The lowest BCUT2D eigenvalue weighted by atomic mass is 9.99. The molecule has 0 bridgehead atoms. The molecule has 2 atom stereocenters. The highest BCUT2D eigenvalue weighted by Gasteiger charge is 2.45. The zero-order valence-corrected chi connectivity index (χ0v) is 24.6. The Morgan fingerprint density at radius 2 is 1.27 bits per heavy atom. The third kappa shape index (κ3) is 7.22. The van der Waals surface area contributed by atoms with Crippen LogP contribution in [0.5, 0.6) is 11.5 Å². The number of halogens is 3. The number of aliphatic hydroxyl groups is 1. The van der Waals surface area contributed by atoms with E-state index in [0.29, 0.717) is 27.7 Å². The third-order valence-electron chi connectivity index (χ3n) is 7.53. The van der Waals surface area contributed by atoms with Gasteiger partial charge in [-0.25, -0.2) is 18.2 Å². The molecule has 0 saturated carbocycles. The Labute approximate surface area is 258 Å². The number of rotatable bonds is 8. The number of amides is 2. The fourth-order valence-electron chi connectivity index (χ4n) is 5.14. The quantitative estimate of drug-likeness (QED) is 0.245. The number of nitrogens with zero attached hydrogens (tertiary/aromatic N) is 3. The van der Waals surface area contributed by atoms with Gasteiger partial charge in [0.15, 0.2) is 0 Å². The van der Waals surface area contributed by atoms with Crippen molar-refractivity contribution in [3.63, 3.8) is 0 Å². The molecule has 9 nitrogen and oxygen atoms in total.